The molecule has 0 aliphatic carbocycles. The second-order valence-corrected chi connectivity index (χ2v) is 7.26. The van der Waals surface area contributed by atoms with Crippen LogP contribution in [-0.4, -0.2) is 43.0 Å². The third-order valence-corrected chi connectivity index (χ3v) is 5.10. The minimum absolute atomic E-state index is 0.0486. The molecule has 0 radical (unpaired) electrons. The van der Waals surface area contributed by atoms with Gasteiger partial charge in [-0.2, -0.15) is 0 Å². The van der Waals surface area contributed by atoms with Crippen LogP contribution in [0.4, 0.5) is 0 Å². The molecular formula is C24H30N2O4. The summed E-state index contributed by atoms with van der Waals surface area (Å²) in [4.78, 5) is 26.6. The number of rotatable bonds is 9. The minimum Gasteiger partial charge on any atom is -0.490 e. The predicted octanol–water partition coefficient (Wildman–Crippen LogP) is 3.12. The summed E-state index contributed by atoms with van der Waals surface area (Å²) < 4.78 is 11.4. The van der Waals surface area contributed by atoms with Crippen LogP contribution in [0.15, 0.2) is 42.5 Å². The molecule has 160 valence electrons. The Labute approximate surface area is 178 Å². The third-order valence-electron chi connectivity index (χ3n) is 5.10. The second-order valence-electron chi connectivity index (χ2n) is 7.26. The first-order chi connectivity index (χ1) is 14.6. The highest BCUT2D eigenvalue weighted by Gasteiger charge is 2.23. The Morgan fingerprint density at radius 3 is 2.33 bits per heavy atom. The van der Waals surface area contributed by atoms with Gasteiger partial charge in [0.2, 0.25) is 11.8 Å². The lowest BCUT2D eigenvalue weighted by Gasteiger charge is -2.30. The first-order valence-electron chi connectivity index (χ1n) is 10.6. The Morgan fingerprint density at radius 2 is 1.67 bits per heavy atom. The van der Waals surface area contributed by atoms with Crippen molar-refractivity contribution in [1.82, 2.24) is 10.2 Å². The molecule has 1 heterocycles. The van der Waals surface area contributed by atoms with Crippen molar-refractivity contribution in [1.29, 1.82) is 0 Å². The second kappa shape index (κ2) is 10.7. The van der Waals surface area contributed by atoms with Crippen LogP contribution in [0.2, 0.25) is 0 Å². The van der Waals surface area contributed by atoms with E-state index in [0.717, 1.165) is 29.0 Å². The fourth-order valence-corrected chi connectivity index (χ4v) is 3.62. The number of benzene rings is 2. The SMILES string of the molecule is CCOc1cc2c(cc1OCC)CN(C(=O)CCNC(=O)Cc1ccccc1)CC2. The van der Waals surface area contributed by atoms with Gasteiger partial charge in [-0.1, -0.05) is 30.3 Å². The van der Waals surface area contributed by atoms with E-state index < -0.39 is 0 Å². The maximum absolute atomic E-state index is 12.6. The average molecular weight is 411 g/mol. The van der Waals surface area contributed by atoms with E-state index in [2.05, 4.69) is 5.32 Å². The van der Waals surface area contributed by atoms with Crippen molar-refractivity contribution in [2.75, 3.05) is 26.3 Å². The van der Waals surface area contributed by atoms with Gasteiger partial charge >= 0.3 is 0 Å². The molecule has 1 aliphatic heterocycles. The molecule has 2 aromatic carbocycles. The molecule has 0 fully saturated rings. The van der Waals surface area contributed by atoms with E-state index >= 15 is 0 Å². The molecule has 1 N–H and O–H groups in total. The molecule has 6 nitrogen and oxygen atoms in total. The summed E-state index contributed by atoms with van der Waals surface area (Å²) in [7, 11) is 0. The highest BCUT2D eigenvalue weighted by molar-refractivity contribution is 5.80. The first kappa shape index (κ1) is 21.7. The maximum atomic E-state index is 12.6. The Morgan fingerprint density at radius 1 is 1.00 bits per heavy atom. The lowest BCUT2D eigenvalue weighted by Crippen LogP contribution is -2.38. The summed E-state index contributed by atoms with van der Waals surface area (Å²) in [5.41, 5.74) is 3.25. The van der Waals surface area contributed by atoms with Crippen molar-refractivity contribution >= 4 is 11.8 Å². The van der Waals surface area contributed by atoms with Crippen LogP contribution in [0.25, 0.3) is 0 Å². The molecule has 0 spiro atoms. The molecule has 30 heavy (non-hydrogen) atoms. The number of carbonyl (C=O) groups is 2. The van der Waals surface area contributed by atoms with E-state index in [1.807, 2.05) is 61.2 Å². The van der Waals surface area contributed by atoms with Gasteiger partial charge in [0.25, 0.3) is 0 Å². The molecule has 2 amide bonds. The van der Waals surface area contributed by atoms with Gasteiger partial charge in [0.05, 0.1) is 19.6 Å². The van der Waals surface area contributed by atoms with Gasteiger partial charge < -0.3 is 19.7 Å². The number of amides is 2. The fourth-order valence-electron chi connectivity index (χ4n) is 3.62. The number of ether oxygens (including phenoxy) is 2. The summed E-state index contributed by atoms with van der Waals surface area (Å²) in [5.74, 6) is 1.47. The number of hydrogen-bond donors (Lipinski definition) is 1. The summed E-state index contributed by atoms with van der Waals surface area (Å²) >= 11 is 0. The highest BCUT2D eigenvalue weighted by Crippen LogP contribution is 2.34. The van der Waals surface area contributed by atoms with Crippen LogP contribution >= 0.6 is 0 Å². The Hall–Kier alpha value is -3.02. The van der Waals surface area contributed by atoms with Gasteiger partial charge in [0.1, 0.15) is 0 Å². The van der Waals surface area contributed by atoms with E-state index in [-0.39, 0.29) is 11.8 Å². The van der Waals surface area contributed by atoms with E-state index in [0.29, 0.717) is 45.7 Å². The number of fused-ring (bicyclic) bond motifs is 1. The number of carbonyl (C=O) groups excluding carboxylic acids is 2. The van der Waals surface area contributed by atoms with Gasteiger partial charge in [-0.15, -0.1) is 0 Å². The quantitative estimate of drug-likeness (QED) is 0.690. The standard InChI is InChI=1S/C24H30N2O4/c1-3-29-21-15-19-11-13-26(17-20(19)16-22(21)30-4-2)24(28)10-12-25-23(27)14-18-8-6-5-7-9-18/h5-9,15-16H,3-4,10-14,17H2,1-2H3,(H,25,27). The molecule has 3 rings (SSSR count). The molecule has 0 atom stereocenters. The van der Waals surface area contributed by atoms with E-state index in [4.69, 9.17) is 9.47 Å². The van der Waals surface area contributed by atoms with Crippen molar-refractivity contribution in [3.8, 4) is 11.5 Å². The molecule has 6 heteroatoms. The molecule has 0 saturated carbocycles. The Kier molecular flexibility index (Phi) is 7.71. The summed E-state index contributed by atoms with van der Waals surface area (Å²) in [6, 6.07) is 13.6. The number of hydrogen-bond acceptors (Lipinski definition) is 4. The van der Waals surface area contributed by atoms with Gasteiger partial charge in [-0.3, -0.25) is 9.59 Å². The van der Waals surface area contributed by atoms with Crippen LogP contribution in [-0.2, 0) is 29.0 Å². The number of nitrogens with one attached hydrogen (secondary N) is 1. The maximum Gasteiger partial charge on any atom is 0.224 e. The normalized spacial score (nSPS) is 12.8. The zero-order valence-electron chi connectivity index (χ0n) is 17.8. The van der Waals surface area contributed by atoms with E-state index in [9.17, 15) is 9.59 Å². The van der Waals surface area contributed by atoms with Gasteiger partial charge in [-0.05, 0) is 49.1 Å². The van der Waals surface area contributed by atoms with Gasteiger partial charge in [0, 0.05) is 26.1 Å². The van der Waals surface area contributed by atoms with Crippen molar-refractivity contribution < 1.29 is 19.1 Å². The van der Waals surface area contributed by atoms with Crippen LogP contribution < -0.4 is 14.8 Å². The average Bonchev–Trinajstić information content (AvgIpc) is 2.75. The van der Waals surface area contributed by atoms with Crippen molar-refractivity contribution in [2.24, 2.45) is 0 Å². The lowest BCUT2D eigenvalue weighted by molar-refractivity contribution is -0.132. The van der Waals surface area contributed by atoms with Gasteiger partial charge in [-0.25, -0.2) is 0 Å². The largest absolute Gasteiger partial charge is 0.490 e. The predicted molar refractivity (Wildman–Crippen MR) is 116 cm³/mol. The van der Waals surface area contributed by atoms with E-state index in [1.54, 1.807) is 0 Å². The summed E-state index contributed by atoms with van der Waals surface area (Å²) in [6.45, 7) is 6.61. The zero-order chi connectivity index (χ0) is 21.3. The molecule has 0 unspecified atom stereocenters. The van der Waals surface area contributed by atoms with Gasteiger partial charge in [0.15, 0.2) is 11.5 Å². The third kappa shape index (κ3) is 5.75. The monoisotopic (exact) mass is 410 g/mol. The molecular weight excluding hydrogens is 380 g/mol. The number of nitrogens with zero attached hydrogens (tertiary/aromatic N) is 1. The molecule has 0 saturated heterocycles. The van der Waals surface area contributed by atoms with Crippen LogP contribution in [0.1, 0.15) is 37.0 Å². The zero-order valence-corrected chi connectivity index (χ0v) is 17.8. The minimum atomic E-state index is -0.0669. The van der Waals surface area contributed by atoms with Crippen LogP contribution in [0.3, 0.4) is 0 Å². The lowest BCUT2D eigenvalue weighted by atomic mass is 9.98. The Bertz CT molecular complexity index is 867. The topological polar surface area (TPSA) is 67.9 Å². The van der Waals surface area contributed by atoms with E-state index in [1.165, 1.54) is 5.56 Å². The molecule has 1 aliphatic rings. The molecule has 0 bridgehead atoms. The Balaban J connectivity index is 1.52. The smallest absolute Gasteiger partial charge is 0.224 e. The first-order valence-corrected chi connectivity index (χ1v) is 10.6. The highest BCUT2D eigenvalue weighted by atomic mass is 16.5. The van der Waals surface area contributed by atoms with Crippen LogP contribution in [0, 0.1) is 0 Å². The summed E-state index contributed by atoms with van der Waals surface area (Å²) in [6.07, 6.45) is 1.41. The molecule has 0 aromatic heterocycles. The van der Waals surface area contributed by atoms with Crippen molar-refractivity contribution in [2.45, 2.75) is 39.7 Å². The van der Waals surface area contributed by atoms with Crippen molar-refractivity contribution in [3.05, 3.63) is 59.2 Å². The molecule has 2 aromatic rings. The summed E-state index contributed by atoms with van der Waals surface area (Å²) in [5, 5.41) is 2.84. The fraction of sp³-hybridized carbons (Fsp3) is 0.417. The van der Waals surface area contributed by atoms with Crippen molar-refractivity contribution in [3.63, 3.8) is 0 Å². The van der Waals surface area contributed by atoms with Crippen LogP contribution in [0.5, 0.6) is 11.5 Å².